The molecule has 4 rings (SSSR count). The summed E-state index contributed by atoms with van der Waals surface area (Å²) in [6, 6.07) is 7.68. The van der Waals surface area contributed by atoms with Gasteiger partial charge in [0.05, 0.1) is 5.56 Å². The van der Waals surface area contributed by atoms with Crippen molar-refractivity contribution in [1.82, 2.24) is 24.9 Å². The largest absolute Gasteiger partial charge is 0.349 e. The van der Waals surface area contributed by atoms with Gasteiger partial charge >= 0.3 is 0 Å². The Hall–Kier alpha value is -2.76. The number of hydrogen-bond acceptors (Lipinski definition) is 4. The summed E-state index contributed by atoms with van der Waals surface area (Å²) in [7, 11) is 0. The highest BCUT2D eigenvalue weighted by Gasteiger charge is 2.24. The van der Waals surface area contributed by atoms with Crippen LogP contribution in [0.15, 0.2) is 42.9 Å². The van der Waals surface area contributed by atoms with Crippen molar-refractivity contribution in [3.63, 3.8) is 0 Å². The Kier molecular flexibility index (Phi) is 2.67. The molecule has 3 heterocycles. The Morgan fingerprint density at radius 3 is 2.90 bits per heavy atom. The number of pyridine rings is 2. The van der Waals surface area contributed by atoms with E-state index in [1.807, 2.05) is 16.5 Å². The number of nitrogens with one attached hydrogen (secondary N) is 1. The highest BCUT2D eigenvalue weighted by molar-refractivity contribution is 5.94. The number of carbonyl (C=O) groups is 1. The number of amides is 1. The maximum Gasteiger partial charge on any atom is 0.252 e. The van der Waals surface area contributed by atoms with E-state index in [9.17, 15) is 4.79 Å². The van der Waals surface area contributed by atoms with Crippen molar-refractivity contribution in [3.8, 4) is 11.4 Å². The molecule has 0 spiro atoms. The average molecular weight is 279 g/mol. The van der Waals surface area contributed by atoms with Gasteiger partial charge < -0.3 is 5.32 Å². The Labute approximate surface area is 120 Å². The molecular weight excluding hydrogens is 266 g/mol. The van der Waals surface area contributed by atoms with Crippen molar-refractivity contribution in [2.24, 2.45) is 0 Å². The molecule has 3 aromatic heterocycles. The lowest BCUT2D eigenvalue weighted by atomic mass is 10.2. The first-order valence-corrected chi connectivity index (χ1v) is 6.87. The summed E-state index contributed by atoms with van der Waals surface area (Å²) in [6.07, 6.45) is 7.35. The molecule has 0 bridgehead atoms. The van der Waals surface area contributed by atoms with Gasteiger partial charge in [-0.15, -0.1) is 10.2 Å². The zero-order valence-corrected chi connectivity index (χ0v) is 11.2. The molecule has 0 atom stereocenters. The van der Waals surface area contributed by atoms with Gasteiger partial charge in [-0.1, -0.05) is 0 Å². The Morgan fingerprint density at radius 1 is 1.24 bits per heavy atom. The van der Waals surface area contributed by atoms with Crippen LogP contribution in [-0.2, 0) is 0 Å². The van der Waals surface area contributed by atoms with Gasteiger partial charge in [0, 0.05) is 30.2 Å². The van der Waals surface area contributed by atoms with E-state index in [-0.39, 0.29) is 5.91 Å². The smallest absolute Gasteiger partial charge is 0.252 e. The van der Waals surface area contributed by atoms with Crippen LogP contribution in [0.25, 0.3) is 17.0 Å². The highest BCUT2D eigenvalue weighted by atomic mass is 16.1. The van der Waals surface area contributed by atoms with Gasteiger partial charge in [0.2, 0.25) is 0 Å². The number of rotatable bonds is 3. The summed E-state index contributed by atoms with van der Waals surface area (Å²) >= 11 is 0. The minimum Gasteiger partial charge on any atom is -0.349 e. The van der Waals surface area contributed by atoms with Crippen molar-refractivity contribution >= 4 is 11.6 Å². The van der Waals surface area contributed by atoms with Gasteiger partial charge in [-0.2, -0.15) is 0 Å². The second-order valence-corrected chi connectivity index (χ2v) is 5.16. The van der Waals surface area contributed by atoms with E-state index < -0.39 is 0 Å². The lowest BCUT2D eigenvalue weighted by Gasteiger charge is -2.05. The van der Waals surface area contributed by atoms with Crippen LogP contribution in [-0.4, -0.2) is 31.5 Å². The van der Waals surface area contributed by atoms with Crippen LogP contribution in [0.3, 0.4) is 0 Å². The Morgan fingerprint density at radius 2 is 2.14 bits per heavy atom. The molecule has 1 fully saturated rings. The molecule has 0 aromatic carbocycles. The summed E-state index contributed by atoms with van der Waals surface area (Å²) in [6.45, 7) is 0. The Balaban J connectivity index is 1.77. The second kappa shape index (κ2) is 4.66. The zero-order valence-electron chi connectivity index (χ0n) is 11.2. The summed E-state index contributed by atoms with van der Waals surface area (Å²) < 4.78 is 1.82. The molecule has 1 aliphatic carbocycles. The summed E-state index contributed by atoms with van der Waals surface area (Å²) in [5.41, 5.74) is 2.18. The first-order chi connectivity index (χ1) is 10.3. The van der Waals surface area contributed by atoms with Gasteiger partial charge in [-0.05, 0) is 37.1 Å². The predicted octanol–water partition coefficient (Wildman–Crippen LogP) is 1.68. The van der Waals surface area contributed by atoms with Crippen molar-refractivity contribution in [3.05, 3.63) is 48.4 Å². The summed E-state index contributed by atoms with van der Waals surface area (Å²) in [5, 5.41) is 11.3. The molecule has 0 aliphatic heterocycles. The molecule has 0 radical (unpaired) electrons. The molecule has 104 valence electrons. The van der Waals surface area contributed by atoms with Crippen LogP contribution in [0, 0.1) is 0 Å². The van der Waals surface area contributed by atoms with E-state index in [2.05, 4.69) is 20.5 Å². The minimum atomic E-state index is -0.0507. The molecular formula is C15H13N5O. The quantitative estimate of drug-likeness (QED) is 0.791. The molecule has 1 aliphatic rings. The first-order valence-electron chi connectivity index (χ1n) is 6.87. The lowest BCUT2D eigenvalue weighted by Crippen LogP contribution is -2.25. The number of fused-ring (bicyclic) bond motifs is 1. The maximum absolute atomic E-state index is 12.1. The van der Waals surface area contributed by atoms with Crippen LogP contribution < -0.4 is 5.32 Å². The minimum absolute atomic E-state index is 0.0507. The van der Waals surface area contributed by atoms with Crippen LogP contribution >= 0.6 is 0 Å². The van der Waals surface area contributed by atoms with Crippen molar-refractivity contribution < 1.29 is 4.79 Å². The van der Waals surface area contributed by atoms with E-state index in [1.54, 1.807) is 30.7 Å². The molecule has 0 unspecified atom stereocenters. The van der Waals surface area contributed by atoms with E-state index in [0.717, 1.165) is 18.4 Å². The van der Waals surface area contributed by atoms with Gasteiger partial charge in [-0.3, -0.25) is 14.2 Å². The molecule has 1 saturated carbocycles. The number of aromatic nitrogens is 4. The van der Waals surface area contributed by atoms with Crippen LogP contribution in [0.2, 0.25) is 0 Å². The Bertz CT molecular complexity index is 807. The maximum atomic E-state index is 12.1. The second-order valence-electron chi connectivity index (χ2n) is 5.16. The molecule has 6 nitrogen and oxygen atoms in total. The van der Waals surface area contributed by atoms with Crippen molar-refractivity contribution in [1.29, 1.82) is 0 Å². The average Bonchev–Trinajstić information content (AvgIpc) is 3.24. The molecule has 1 N–H and O–H groups in total. The van der Waals surface area contributed by atoms with Gasteiger partial charge in [-0.25, -0.2) is 0 Å². The van der Waals surface area contributed by atoms with Crippen LogP contribution in [0.1, 0.15) is 23.2 Å². The monoisotopic (exact) mass is 279 g/mol. The number of carbonyl (C=O) groups excluding carboxylic acids is 1. The van der Waals surface area contributed by atoms with Gasteiger partial charge in [0.15, 0.2) is 11.5 Å². The SMILES string of the molecule is O=C(NC1CC1)c1ccc2nnc(-c3cccnc3)n2c1. The molecule has 3 aromatic rings. The van der Waals surface area contributed by atoms with Crippen LogP contribution in [0.5, 0.6) is 0 Å². The molecule has 21 heavy (non-hydrogen) atoms. The first kappa shape index (κ1) is 12.0. The fourth-order valence-electron chi connectivity index (χ4n) is 2.21. The fraction of sp³-hybridized carbons (Fsp3) is 0.200. The molecule has 6 heteroatoms. The highest BCUT2D eigenvalue weighted by Crippen LogP contribution is 2.20. The molecule has 0 saturated heterocycles. The topological polar surface area (TPSA) is 72.2 Å². The summed E-state index contributed by atoms with van der Waals surface area (Å²) in [4.78, 5) is 16.2. The van der Waals surface area contributed by atoms with E-state index in [0.29, 0.717) is 23.1 Å². The van der Waals surface area contributed by atoms with Crippen molar-refractivity contribution in [2.45, 2.75) is 18.9 Å². The number of hydrogen-bond donors (Lipinski definition) is 1. The van der Waals surface area contributed by atoms with Crippen molar-refractivity contribution in [2.75, 3.05) is 0 Å². The van der Waals surface area contributed by atoms with E-state index in [4.69, 9.17) is 0 Å². The zero-order chi connectivity index (χ0) is 14.2. The third-order valence-electron chi connectivity index (χ3n) is 3.50. The standard InChI is InChI=1S/C15H13N5O/c21-15(17-12-4-5-12)11-3-6-13-18-19-14(20(13)9-11)10-2-1-7-16-8-10/h1-3,6-9,12H,4-5H2,(H,17,21). The predicted molar refractivity (Wildman–Crippen MR) is 76.7 cm³/mol. The normalized spacial score (nSPS) is 14.3. The van der Waals surface area contributed by atoms with E-state index in [1.165, 1.54) is 0 Å². The van der Waals surface area contributed by atoms with E-state index >= 15 is 0 Å². The third-order valence-corrected chi connectivity index (χ3v) is 3.50. The lowest BCUT2D eigenvalue weighted by molar-refractivity contribution is 0.0950. The van der Waals surface area contributed by atoms with Gasteiger partial charge in [0.25, 0.3) is 5.91 Å². The summed E-state index contributed by atoms with van der Waals surface area (Å²) in [5.74, 6) is 0.629. The third kappa shape index (κ3) is 2.24. The van der Waals surface area contributed by atoms with Gasteiger partial charge in [0.1, 0.15) is 0 Å². The fourth-order valence-corrected chi connectivity index (χ4v) is 2.21. The number of nitrogens with zero attached hydrogens (tertiary/aromatic N) is 4. The van der Waals surface area contributed by atoms with Crippen LogP contribution in [0.4, 0.5) is 0 Å². The molecule has 1 amide bonds.